The van der Waals surface area contributed by atoms with Gasteiger partial charge in [0.15, 0.2) is 0 Å². The Morgan fingerprint density at radius 2 is 1.73 bits per heavy atom. The van der Waals surface area contributed by atoms with Crippen LogP contribution >= 0.6 is 0 Å². The van der Waals surface area contributed by atoms with Crippen molar-refractivity contribution in [1.82, 2.24) is 4.90 Å². The third-order valence-electron chi connectivity index (χ3n) is 2.81. The van der Waals surface area contributed by atoms with Crippen molar-refractivity contribution in [1.29, 1.82) is 0 Å². The Labute approximate surface area is 88.8 Å². The first-order chi connectivity index (χ1) is 7.06. The van der Waals surface area contributed by atoms with Gasteiger partial charge < -0.3 is 9.31 Å². The van der Waals surface area contributed by atoms with E-state index < -0.39 is 7.12 Å². The second-order valence-electron chi connectivity index (χ2n) is 4.40. The molecule has 1 aliphatic heterocycles. The average Bonchev–Trinajstić information content (AvgIpc) is 2.78. The number of nitrogens with zero attached hydrogens (tertiary/aromatic N) is 1. The second-order valence-corrected chi connectivity index (χ2v) is 4.40. The molecule has 0 spiro atoms. The van der Waals surface area contributed by atoms with Crippen LogP contribution in [0.25, 0.3) is 0 Å². The normalized spacial score (nSPS) is 32.8. The summed E-state index contributed by atoms with van der Waals surface area (Å²) < 4.78 is 10.2. The first-order valence-corrected chi connectivity index (χ1v) is 5.14. The third-order valence-corrected chi connectivity index (χ3v) is 2.81. The molecule has 2 atom stereocenters. The lowest BCUT2D eigenvalue weighted by molar-refractivity contribution is -0.145. The molecule has 0 amide bonds. The van der Waals surface area contributed by atoms with E-state index in [1.807, 2.05) is 0 Å². The molecule has 1 saturated carbocycles. The number of carbonyl (C=O) groups is 2. The highest BCUT2D eigenvalue weighted by molar-refractivity contribution is 6.52. The van der Waals surface area contributed by atoms with Gasteiger partial charge in [0.2, 0.25) is 0 Å². The monoisotopic (exact) mass is 211 g/mol. The zero-order valence-electron chi connectivity index (χ0n) is 8.93. The molecule has 0 N–H and O–H groups in total. The number of likely N-dealkylation sites (N-methyl/N-ethyl adjacent to an activating group) is 1. The zero-order chi connectivity index (χ0) is 11.0. The predicted octanol–water partition coefficient (Wildman–Crippen LogP) is -0.0836. The molecule has 82 valence electrons. The maximum Gasteiger partial charge on any atom is 0.602 e. The molecule has 0 aromatic carbocycles. The Balaban J connectivity index is 2.00. The van der Waals surface area contributed by atoms with Crippen molar-refractivity contribution in [3.05, 3.63) is 0 Å². The quantitative estimate of drug-likeness (QED) is 0.567. The maximum atomic E-state index is 11.3. The van der Waals surface area contributed by atoms with Crippen LogP contribution in [0.3, 0.4) is 0 Å². The van der Waals surface area contributed by atoms with E-state index >= 15 is 0 Å². The van der Waals surface area contributed by atoms with Gasteiger partial charge in [-0.2, -0.15) is 0 Å². The molecular formula is C9H14BNO4. The molecule has 0 aromatic heterocycles. The molecule has 0 bridgehead atoms. The highest BCUT2D eigenvalue weighted by atomic mass is 16.6. The number of rotatable bonds is 1. The fourth-order valence-corrected chi connectivity index (χ4v) is 1.76. The van der Waals surface area contributed by atoms with Crippen LogP contribution in [0.5, 0.6) is 0 Å². The summed E-state index contributed by atoms with van der Waals surface area (Å²) in [5.41, 5.74) is 0. The van der Waals surface area contributed by atoms with Gasteiger partial charge in [-0.05, 0) is 19.4 Å². The second kappa shape index (κ2) is 3.85. The van der Waals surface area contributed by atoms with Crippen LogP contribution in [0.2, 0.25) is 5.82 Å². The van der Waals surface area contributed by atoms with E-state index in [1.165, 1.54) is 0 Å². The smallest absolute Gasteiger partial charge is 0.498 e. The lowest BCUT2D eigenvalue weighted by Gasteiger charge is -2.22. The Kier molecular flexibility index (Phi) is 2.69. The SMILES string of the molecule is C[C@@H]1CC1B1OC(=O)CN(C)CC(=O)O1. The first kappa shape index (κ1) is 10.5. The fraction of sp³-hybridized carbons (Fsp3) is 0.778. The summed E-state index contributed by atoms with van der Waals surface area (Å²) in [4.78, 5) is 24.3. The summed E-state index contributed by atoms with van der Waals surface area (Å²) in [6.07, 6.45) is 0.959. The largest absolute Gasteiger partial charge is 0.602 e. The van der Waals surface area contributed by atoms with E-state index in [1.54, 1.807) is 11.9 Å². The predicted molar refractivity (Wildman–Crippen MR) is 53.0 cm³/mol. The highest BCUT2D eigenvalue weighted by Crippen LogP contribution is 2.47. The van der Waals surface area contributed by atoms with Gasteiger partial charge in [-0.15, -0.1) is 0 Å². The van der Waals surface area contributed by atoms with Gasteiger partial charge in [0, 0.05) is 5.82 Å². The maximum absolute atomic E-state index is 11.3. The van der Waals surface area contributed by atoms with E-state index in [9.17, 15) is 9.59 Å². The van der Waals surface area contributed by atoms with E-state index in [-0.39, 0.29) is 30.8 Å². The van der Waals surface area contributed by atoms with Crippen molar-refractivity contribution in [3.8, 4) is 0 Å². The molecule has 0 aromatic rings. The average molecular weight is 211 g/mol. The number of hydrogen-bond donors (Lipinski definition) is 0. The van der Waals surface area contributed by atoms with Crippen LogP contribution in [-0.4, -0.2) is 44.1 Å². The zero-order valence-corrected chi connectivity index (χ0v) is 8.93. The highest BCUT2D eigenvalue weighted by Gasteiger charge is 2.51. The summed E-state index contributed by atoms with van der Waals surface area (Å²) in [5.74, 6) is 0.0252. The van der Waals surface area contributed by atoms with Crippen LogP contribution in [0.4, 0.5) is 0 Å². The molecule has 1 saturated heterocycles. The molecular weight excluding hydrogens is 197 g/mol. The molecule has 1 heterocycles. The van der Waals surface area contributed by atoms with Gasteiger partial charge in [0.05, 0.1) is 13.1 Å². The molecule has 1 unspecified atom stereocenters. The minimum atomic E-state index is -0.659. The van der Waals surface area contributed by atoms with Crippen molar-refractivity contribution in [2.45, 2.75) is 19.2 Å². The van der Waals surface area contributed by atoms with E-state index in [2.05, 4.69) is 6.92 Å². The Morgan fingerprint density at radius 3 is 2.13 bits per heavy atom. The Bertz CT molecular complexity index is 276. The van der Waals surface area contributed by atoms with E-state index in [0.29, 0.717) is 5.92 Å². The van der Waals surface area contributed by atoms with Crippen molar-refractivity contribution < 1.29 is 18.9 Å². The molecule has 0 radical (unpaired) electrons. The van der Waals surface area contributed by atoms with Gasteiger partial charge in [-0.25, -0.2) is 0 Å². The molecule has 2 rings (SSSR count). The van der Waals surface area contributed by atoms with E-state index in [4.69, 9.17) is 9.31 Å². The van der Waals surface area contributed by atoms with Crippen molar-refractivity contribution in [3.63, 3.8) is 0 Å². The summed E-state index contributed by atoms with van der Waals surface area (Å²) in [5, 5.41) is 0. The summed E-state index contributed by atoms with van der Waals surface area (Å²) in [6, 6.07) is 0. The van der Waals surface area contributed by atoms with Crippen molar-refractivity contribution in [2.75, 3.05) is 20.1 Å². The van der Waals surface area contributed by atoms with E-state index in [0.717, 1.165) is 6.42 Å². The van der Waals surface area contributed by atoms with Crippen LogP contribution in [-0.2, 0) is 18.9 Å². The molecule has 1 aliphatic carbocycles. The number of carbonyl (C=O) groups excluding carboxylic acids is 2. The molecule has 5 nitrogen and oxygen atoms in total. The van der Waals surface area contributed by atoms with Crippen LogP contribution in [0, 0.1) is 5.92 Å². The van der Waals surface area contributed by atoms with Crippen LogP contribution < -0.4 is 0 Å². The van der Waals surface area contributed by atoms with Gasteiger partial charge in [-0.3, -0.25) is 14.5 Å². The minimum Gasteiger partial charge on any atom is -0.498 e. The topological polar surface area (TPSA) is 55.8 Å². The van der Waals surface area contributed by atoms with Crippen LogP contribution in [0.15, 0.2) is 0 Å². The van der Waals surface area contributed by atoms with Gasteiger partial charge in [0.1, 0.15) is 0 Å². The standard InChI is InChI=1S/C9H14BNO4/c1-6-3-7(6)10-14-8(12)4-11(2)5-9(13)15-10/h6-7H,3-5H2,1-2H3/t6-,7?/m1/s1. The summed E-state index contributed by atoms with van der Waals surface area (Å²) >= 11 is 0. The van der Waals surface area contributed by atoms with Gasteiger partial charge in [0.25, 0.3) is 0 Å². The minimum absolute atomic E-state index is 0.146. The van der Waals surface area contributed by atoms with Crippen molar-refractivity contribution in [2.24, 2.45) is 5.92 Å². The number of hydrogen-bond acceptors (Lipinski definition) is 5. The van der Waals surface area contributed by atoms with Crippen molar-refractivity contribution >= 4 is 19.1 Å². The summed E-state index contributed by atoms with van der Waals surface area (Å²) in [7, 11) is 1.02. The Hall–Kier alpha value is -1.04. The lowest BCUT2D eigenvalue weighted by atomic mass is 9.80. The third kappa shape index (κ3) is 2.50. The molecule has 2 aliphatic rings. The fourth-order valence-electron chi connectivity index (χ4n) is 1.76. The molecule has 6 heteroatoms. The lowest BCUT2D eigenvalue weighted by Crippen LogP contribution is -2.42. The van der Waals surface area contributed by atoms with Crippen LogP contribution in [0.1, 0.15) is 13.3 Å². The van der Waals surface area contributed by atoms with Gasteiger partial charge in [-0.1, -0.05) is 6.92 Å². The first-order valence-electron chi connectivity index (χ1n) is 5.14. The molecule has 2 fully saturated rings. The Morgan fingerprint density at radius 1 is 1.27 bits per heavy atom. The van der Waals surface area contributed by atoms with Gasteiger partial charge >= 0.3 is 19.1 Å². The summed E-state index contributed by atoms with van der Waals surface area (Å²) in [6.45, 7) is 2.34. The molecule has 15 heavy (non-hydrogen) atoms.